The van der Waals surface area contributed by atoms with Gasteiger partial charge in [0.15, 0.2) is 0 Å². The molecule has 1 rings (SSSR count). The zero-order valence-corrected chi connectivity index (χ0v) is 15.0. The number of thiophene rings is 1. The molecule has 0 aromatic carbocycles. The second-order valence-corrected chi connectivity index (χ2v) is 8.42. The number of amides is 1. The van der Waals surface area contributed by atoms with E-state index in [1.165, 1.54) is 15.6 Å². The van der Waals surface area contributed by atoms with Crippen molar-refractivity contribution in [2.45, 2.75) is 43.9 Å². The topological polar surface area (TPSA) is 92.5 Å². The Hall–Kier alpha value is -0.960. The first-order valence-corrected chi connectivity index (χ1v) is 9.68. The number of sulfonamides is 1. The highest BCUT2D eigenvalue weighted by molar-refractivity contribution is 7.91. The predicted molar refractivity (Wildman–Crippen MR) is 89.4 cm³/mol. The maximum absolute atomic E-state index is 12.4. The van der Waals surface area contributed by atoms with Crippen LogP contribution < -0.4 is 11.1 Å². The molecular weight excluding hydrogens is 322 g/mol. The van der Waals surface area contributed by atoms with Crippen LogP contribution in [0, 0.1) is 0 Å². The normalized spacial score (nSPS) is 13.3. The van der Waals surface area contributed by atoms with Gasteiger partial charge in [-0.15, -0.1) is 11.3 Å². The minimum atomic E-state index is -3.39. The third-order valence-electron chi connectivity index (χ3n) is 3.14. The van der Waals surface area contributed by atoms with Crippen molar-refractivity contribution in [1.82, 2.24) is 9.62 Å². The highest BCUT2D eigenvalue weighted by Gasteiger charge is 2.23. The van der Waals surface area contributed by atoms with Crippen LogP contribution in [0.15, 0.2) is 16.3 Å². The van der Waals surface area contributed by atoms with Gasteiger partial charge in [-0.2, -0.15) is 4.31 Å². The van der Waals surface area contributed by atoms with Gasteiger partial charge in [-0.05, 0) is 25.5 Å². The van der Waals surface area contributed by atoms with E-state index in [1.807, 2.05) is 13.8 Å². The van der Waals surface area contributed by atoms with Gasteiger partial charge in [0.25, 0.3) is 10.0 Å². The highest BCUT2D eigenvalue weighted by Crippen LogP contribution is 2.25. The van der Waals surface area contributed by atoms with E-state index in [0.29, 0.717) is 36.7 Å². The molecule has 0 saturated carbocycles. The number of nitrogens with one attached hydrogen (secondary N) is 1. The van der Waals surface area contributed by atoms with Crippen molar-refractivity contribution >= 4 is 27.3 Å². The van der Waals surface area contributed by atoms with E-state index < -0.39 is 10.0 Å². The summed E-state index contributed by atoms with van der Waals surface area (Å²) in [7, 11) is -3.39. The van der Waals surface area contributed by atoms with Gasteiger partial charge in [0.1, 0.15) is 4.21 Å². The lowest BCUT2D eigenvalue weighted by atomic mass is 10.2. The van der Waals surface area contributed by atoms with E-state index in [2.05, 4.69) is 5.32 Å². The molecule has 0 aliphatic rings. The van der Waals surface area contributed by atoms with Crippen molar-refractivity contribution in [3.05, 3.63) is 17.0 Å². The number of carbonyl (C=O) groups is 1. The summed E-state index contributed by atoms with van der Waals surface area (Å²) in [6.07, 6.45) is 0.912. The molecule has 0 aliphatic heterocycles. The first-order valence-electron chi connectivity index (χ1n) is 7.42. The summed E-state index contributed by atoms with van der Waals surface area (Å²) in [5, 5.41) is 2.78. The second-order valence-electron chi connectivity index (χ2n) is 5.09. The monoisotopic (exact) mass is 347 g/mol. The Morgan fingerprint density at radius 2 is 2.00 bits per heavy atom. The first-order chi connectivity index (χ1) is 10.3. The lowest BCUT2D eigenvalue weighted by Crippen LogP contribution is -2.31. The van der Waals surface area contributed by atoms with Crippen LogP contribution >= 0.6 is 11.3 Å². The standard InChI is InChI=1S/C14H25N3O3S2/c1-4-17(5-2)22(19,20)14-7-6-12(21-14)8-9-16-13(18)10-11(3)15/h6-7,11H,4-5,8-10,15H2,1-3H3,(H,16,18). The van der Waals surface area contributed by atoms with E-state index in [1.54, 1.807) is 19.1 Å². The van der Waals surface area contributed by atoms with Crippen molar-refractivity contribution in [2.24, 2.45) is 5.73 Å². The molecule has 0 spiro atoms. The highest BCUT2D eigenvalue weighted by atomic mass is 32.2. The zero-order valence-electron chi connectivity index (χ0n) is 13.3. The minimum absolute atomic E-state index is 0.0810. The molecule has 6 nitrogen and oxygen atoms in total. The fraction of sp³-hybridized carbons (Fsp3) is 0.643. The number of nitrogens with two attached hydrogens (primary N) is 1. The van der Waals surface area contributed by atoms with Crippen LogP contribution in [0.25, 0.3) is 0 Å². The van der Waals surface area contributed by atoms with Crippen molar-refractivity contribution in [1.29, 1.82) is 0 Å². The lowest BCUT2D eigenvalue weighted by Gasteiger charge is -2.16. The fourth-order valence-corrected chi connectivity index (χ4v) is 4.98. The van der Waals surface area contributed by atoms with Crippen LogP contribution in [0.2, 0.25) is 0 Å². The smallest absolute Gasteiger partial charge is 0.252 e. The largest absolute Gasteiger partial charge is 0.356 e. The van der Waals surface area contributed by atoms with Crippen LogP contribution in [-0.2, 0) is 21.2 Å². The van der Waals surface area contributed by atoms with E-state index in [9.17, 15) is 13.2 Å². The van der Waals surface area contributed by atoms with Gasteiger partial charge in [-0.25, -0.2) is 8.42 Å². The van der Waals surface area contributed by atoms with Gasteiger partial charge in [-0.1, -0.05) is 13.8 Å². The molecule has 1 heterocycles. The average molecular weight is 348 g/mol. The fourth-order valence-electron chi connectivity index (χ4n) is 2.01. The Balaban J connectivity index is 2.60. The Morgan fingerprint density at radius 1 is 1.36 bits per heavy atom. The quantitative estimate of drug-likeness (QED) is 0.701. The number of carbonyl (C=O) groups excluding carboxylic acids is 1. The van der Waals surface area contributed by atoms with Gasteiger partial charge >= 0.3 is 0 Å². The Morgan fingerprint density at radius 3 is 2.55 bits per heavy atom. The van der Waals surface area contributed by atoms with Crippen molar-refractivity contribution < 1.29 is 13.2 Å². The van der Waals surface area contributed by atoms with Gasteiger partial charge < -0.3 is 11.1 Å². The molecular formula is C14H25N3O3S2. The number of hydrogen-bond donors (Lipinski definition) is 2. The molecule has 1 amide bonds. The molecule has 0 saturated heterocycles. The summed E-state index contributed by atoms with van der Waals surface area (Å²) in [4.78, 5) is 12.4. The van der Waals surface area contributed by atoms with Crippen LogP contribution in [-0.4, -0.2) is 44.3 Å². The minimum Gasteiger partial charge on any atom is -0.356 e. The summed E-state index contributed by atoms with van der Waals surface area (Å²) >= 11 is 1.26. The number of hydrogen-bond acceptors (Lipinski definition) is 5. The predicted octanol–water partition coefficient (Wildman–Crippen LogP) is 1.17. The van der Waals surface area contributed by atoms with Crippen LogP contribution in [0.5, 0.6) is 0 Å². The molecule has 1 unspecified atom stereocenters. The molecule has 3 N–H and O–H groups in total. The van der Waals surface area contributed by atoms with Crippen LogP contribution in [0.4, 0.5) is 0 Å². The summed E-state index contributed by atoms with van der Waals surface area (Å²) in [6, 6.07) is 3.28. The maximum Gasteiger partial charge on any atom is 0.252 e. The molecule has 8 heteroatoms. The second kappa shape index (κ2) is 8.61. The summed E-state index contributed by atoms with van der Waals surface area (Å²) in [5.74, 6) is -0.0810. The van der Waals surface area contributed by atoms with E-state index in [-0.39, 0.29) is 11.9 Å². The van der Waals surface area contributed by atoms with Gasteiger partial charge in [0, 0.05) is 37.0 Å². The Bertz CT molecular complexity index is 578. The van der Waals surface area contributed by atoms with E-state index in [0.717, 1.165) is 4.88 Å². The van der Waals surface area contributed by atoms with E-state index in [4.69, 9.17) is 5.73 Å². The molecule has 0 aliphatic carbocycles. The Kier molecular flexibility index (Phi) is 7.47. The first kappa shape index (κ1) is 19.1. The van der Waals surface area contributed by atoms with E-state index >= 15 is 0 Å². The molecule has 1 aromatic rings. The van der Waals surface area contributed by atoms with Crippen molar-refractivity contribution in [3.8, 4) is 0 Å². The molecule has 1 aromatic heterocycles. The summed E-state index contributed by atoms with van der Waals surface area (Å²) < 4.78 is 26.5. The summed E-state index contributed by atoms with van der Waals surface area (Å²) in [5.41, 5.74) is 5.55. The molecule has 126 valence electrons. The number of nitrogens with zero attached hydrogens (tertiary/aromatic N) is 1. The molecule has 1 atom stereocenters. The van der Waals surface area contributed by atoms with Crippen LogP contribution in [0.3, 0.4) is 0 Å². The van der Waals surface area contributed by atoms with Gasteiger partial charge in [0.2, 0.25) is 5.91 Å². The molecule has 0 fully saturated rings. The lowest BCUT2D eigenvalue weighted by molar-refractivity contribution is -0.121. The Labute approximate surface area is 136 Å². The van der Waals surface area contributed by atoms with Crippen molar-refractivity contribution in [3.63, 3.8) is 0 Å². The third kappa shape index (κ3) is 5.35. The van der Waals surface area contributed by atoms with Gasteiger partial charge in [0.05, 0.1) is 0 Å². The third-order valence-corrected chi connectivity index (χ3v) is 6.80. The van der Waals surface area contributed by atoms with Gasteiger partial charge in [-0.3, -0.25) is 4.79 Å². The molecule has 22 heavy (non-hydrogen) atoms. The number of rotatable bonds is 9. The molecule has 0 bridgehead atoms. The maximum atomic E-state index is 12.4. The summed E-state index contributed by atoms with van der Waals surface area (Å²) in [6.45, 7) is 6.83. The van der Waals surface area contributed by atoms with Crippen molar-refractivity contribution in [2.75, 3.05) is 19.6 Å². The zero-order chi connectivity index (χ0) is 16.8. The van der Waals surface area contributed by atoms with Crippen LogP contribution in [0.1, 0.15) is 32.1 Å². The SMILES string of the molecule is CCN(CC)S(=O)(=O)c1ccc(CCNC(=O)CC(C)N)s1. The average Bonchev–Trinajstić information content (AvgIpc) is 2.88. The molecule has 0 radical (unpaired) electrons.